The molecular formula is C14H13NO. The van der Waals surface area contributed by atoms with Gasteiger partial charge in [0.05, 0.1) is 0 Å². The third kappa shape index (κ3) is 1.47. The third-order valence-corrected chi connectivity index (χ3v) is 2.97. The maximum Gasteiger partial charge on any atom is 0.180 e. The molecule has 0 saturated heterocycles. The van der Waals surface area contributed by atoms with Gasteiger partial charge in [-0.1, -0.05) is 42.5 Å². The van der Waals surface area contributed by atoms with Crippen LogP contribution in [0.4, 0.5) is 0 Å². The van der Waals surface area contributed by atoms with Gasteiger partial charge in [0.25, 0.3) is 0 Å². The molecule has 80 valence electrons. The molecule has 0 aromatic heterocycles. The Morgan fingerprint density at radius 2 is 1.94 bits per heavy atom. The van der Waals surface area contributed by atoms with E-state index in [-0.39, 0.29) is 6.04 Å². The van der Waals surface area contributed by atoms with Gasteiger partial charge in [0.2, 0.25) is 0 Å². The summed E-state index contributed by atoms with van der Waals surface area (Å²) in [7, 11) is 0. The van der Waals surface area contributed by atoms with Gasteiger partial charge in [-0.3, -0.25) is 0 Å². The number of nitrogens with zero attached hydrogens (tertiary/aromatic N) is 1. The van der Waals surface area contributed by atoms with E-state index in [2.05, 4.69) is 47.5 Å². The largest absolute Gasteiger partial charge is 0.479 e. The van der Waals surface area contributed by atoms with Crippen molar-refractivity contribution in [2.75, 3.05) is 6.61 Å². The minimum absolute atomic E-state index is 0.158. The van der Waals surface area contributed by atoms with Gasteiger partial charge in [-0.15, -0.1) is 0 Å². The molecule has 1 aliphatic heterocycles. The average molecular weight is 211 g/mol. The number of hydrogen-bond acceptors (Lipinski definition) is 2. The second kappa shape index (κ2) is 3.63. The van der Waals surface area contributed by atoms with Crippen molar-refractivity contribution in [2.45, 2.75) is 13.0 Å². The lowest BCUT2D eigenvalue weighted by atomic mass is 10.00. The Balaban J connectivity index is 2.17. The SMILES string of the molecule is CC1=NC(c2cccc3ccccc23)CO1. The first-order valence-corrected chi connectivity index (χ1v) is 5.49. The number of benzene rings is 2. The predicted octanol–water partition coefficient (Wildman–Crippen LogP) is 3.33. The predicted molar refractivity (Wildman–Crippen MR) is 65.8 cm³/mol. The van der Waals surface area contributed by atoms with Crippen molar-refractivity contribution >= 4 is 16.7 Å². The van der Waals surface area contributed by atoms with Crippen molar-refractivity contribution in [1.82, 2.24) is 0 Å². The van der Waals surface area contributed by atoms with Gasteiger partial charge < -0.3 is 4.74 Å². The topological polar surface area (TPSA) is 21.6 Å². The van der Waals surface area contributed by atoms with Gasteiger partial charge in [0, 0.05) is 6.92 Å². The lowest BCUT2D eigenvalue weighted by molar-refractivity contribution is 0.317. The fraction of sp³-hybridized carbons (Fsp3) is 0.214. The minimum Gasteiger partial charge on any atom is -0.479 e. The summed E-state index contributed by atoms with van der Waals surface area (Å²) in [5, 5.41) is 2.54. The van der Waals surface area contributed by atoms with Gasteiger partial charge in [0.1, 0.15) is 12.6 Å². The molecule has 0 amide bonds. The Morgan fingerprint density at radius 3 is 2.75 bits per heavy atom. The second-order valence-electron chi connectivity index (χ2n) is 4.04. The zero-order valence-electron chi connectivity index (χ0n) is 9.18. The van der Waals surface area contributed by atoms with Crippen LogP contribution in [0.15, 0.2) is 47.5 Å². The van der Waals surface area contributed by atoms with Gasteiger partial charge in [-0.05, 0) is 16.3 Å². The average Bonchev–Trinajstić information content (AvgIpc) is 2.75. The molecular weight excluding hydrogens is 198 g/mol. The lowest BCUT2D eigenvalue weighted by Crippen LogP contribution is -1.98. The molecule has 0 saturated carbocycles. The summed E-state index contributed by atoms with van der Waals surface area (Å²) in [6.45, 7) is 2.57. The first-order valence-electron chi connectivity index (χ1n) is 5.49. The zero-order chi connectivity index (χ0) is 11.0. The van der Waals surface area contributed by atoms with E-state index >= 15 is 0 Å². The molecule has 1 aliphatic rings. The van der Waals surface area contributed by atoms with Gasteiger partial charge in [0.15, 0.2) is 5.90 Å². The second-order valence-corrected chi connectivity index (χ2v) is 4.04. The summed E-state index contributed by atoms with van der Waals surface area (Å²) in [6, 6.07) is 14.9. The fourth-order valence-corrected chi connectivity index (χ4v) is 2.19. The van der Waals surface area contributed by atoms with Crippen molar-refractivity contribution in [1.29, 1.82) is 0 Å². The van der Waals surface area contributed by atoms with Crippen molar-refractivity contribution in [3.8, 4) is 0 Å². The van der Waals surface area contributed by atoms with E-state index < -0.39 is 0 Å². The lowest BCUT2D eigenvalue weighted by Gasteiger charge is -2.09. The Bertz CT molecular complexity index is 554. The number of hydrogen-bond donors (Lipinski definition) is 0. The highest BCUT2D eigenvalue weighted by molar-refractivity contribution is 5.87. The van der Waals surface area contributed by atoms with Gasteiger partial charge in [-0.2, -0.15) is 0 Å². The van der Waals surface area contributed by atoms with Crippen LogP contribution < -0.4 is 0 Å². The van der Waals surface area contributed by atoms with E-state index in [9.17, 15) is 0 Å². The van der Waals surface area contributed by atoms with E-state index in [1.165, 1.54) is 16.3 Å². The molecule has 1 unspecified atom stereocenters. The van der Waals surface area contributed by atoms with E-state index in [4.69, 9.17) is 4.74 Å². The van der Waals surface area contributed by atoms with E-state index in [0.29, 0.717) is 6.61 Å². The van der Waals surface area contributed by atoms with Crippen LogP contribution in [0.1, 0.15) is 18.5 Å². The molecule has 3 rings (SSSR count). The van der Waals surface area contributed by atoms with Crippen molar-refractivity contribution in [3.63, 3.8) is 0 Å². The smallest absolute Gasteiger partial charge is 0.180 e. The molecule has 0 bridgehead atoms. The molecule has 2 aromatic rings. The van der Waals surface area contributed by atoms with Crippen molar-refractivity contribution < 1.29 is 4.74 Å². The first-order chi connectivity index (χ1) is 7.84. The number of rotatable bonds is 1. The molecule has 0 radical (unpaired) electrons. The van der Waals surface area contributed by atoms with Crippen molar-refractivity contribution in [2.24, 2.45) is 4.99 Å². The highest BCUT2D eigenvalue weighted by atomic mass is 16.5. The molecule has 0 N–H and O–H groups in total. The Kier molecular flexibility index (Phi) is 2.13. The summed E-state index contributed by atoms with van der Waals surface area (Å²) < 4.78 is 5.42. The number of aliphatic imine (C=N–C) groups is 1. The van der Waals surface area contributed by atoms with Crippen LogP contribution in [0.2, 0.25) is 0 Å². The van der Waals surface area contributed by atoms with Crippen LogP contribution in [-0.4, -0.2) is 12.5 Å². The number of ether oxygens (including phenoxy) is 1. The summed E-state index contributed by atoms with van der Waals surface area (Å²) in [6.07, 6.45) is 0. The fourth-order valence-electron chi connectivity index (χ4n) is 2.19. The Morgan fingerprint density at radius 1 is 1.12 bits per heavy atom. The molecule has 2 aromatic carbocycles. The summed E-state index contributed by atoms with van der Waals surface area (Å²) in [5.74, 6) is 0.790. The van der Waals surface area contributed by atoms with Crippen LogP contribution in [0, 0.1) is 0 Å². The molecule has 2 heteroatoms. The third-order valence-electron chi connectivity index (χ3n) is 2.97. The van der Waals surface area contributed by atoms with Crippen LogP contribution in [0.25, 0.3) is 10.8 Å². The number of fused-ring (bicyclic) bond motifs is 1. The quantitative estimate of drug-likeness (QED) is 0.709. The maximum atomic E-state index is 5.42. The molecule has 1 heterocycles. The molecule has 0 spiro atoms. The zero-order valence-corrected chi connectivity index (χ0v) is 9.18. The van der Waals surface area contributed by atoms with E-state index in [1.807, 2.05) is 6.92 Å². The Hall–Kier alpha value is -1.83. The van der Waals surface area contributed by atoms with Crippen LogP contribution in [0.3, 0.4) is 0 Å². The van der Waals surface area contributed by atoms with Gasteiger partial charge >= 0.3 is 0 Å². The van der Waals surface area contributed by atoms with Crippen LogP contribution >= 0.6 is 0 Å². The van der Waals surface area contributed by atoms with Crippen LogP contribution in [0.5, 0.6) is 0 Å². The summed E-state index contributed by atoms with van der Waals surface area (Å²) in [5.41, 5.74) is 1.26. The molecule has 1 atom stereocenters. The highest BCUT2D eigenvalue weighted by Crippen LogP contribution is 2.29. The minimum atomic E-state index is 0.158. The summed E-state index contributed by atoms with van der Waals surface area (Å²) in [4.78, 5) is 4.50. The van der Waals surface area contributed by atoms with E-state index in [0.717, 1.165) is 5.90 Å². The molecule has 16 heavy (non-hydrogen) atoms. The molecule has 2 nitrogen and oxygen atoms in total. The highest BCUT2D eigenvalue weighted by Gasteiger charge is 2.19. The maximum absolute atomic E-state index is 5.42. The normalized spacial score (nSPS) is 19.6. The molecule has 0 aliphatic carbocycles. The van der Waals surface area contributed by atoms with E-state index in [1.54, 1.807) is 0 Å². The van der Waals surface area contributed by atoms with Crippen molar-refractivity contribution in [3.05, 3.63) is 48.0 Å². The van der Waals surface area contributed by atoms with Crippen LogP contribution in [-0.2, 0) is 4.74 Å². The Labute approximate surface area is 94.6 Å². The van der Waals surface area contributed by atoms with Gasteiger partial charge in [-0.25, -0.2) is 4.99 Å². The standard InChI is InChI=1S/C14H13NO/c1-10-15-14(9-16-10)13-8-4-6-11-5-2-3-7-12(11)13/h2-8,14H,9H2,1H3. The molecule has 0 fully saturated rings. The first kappa shape index (κ1) is 9.40. The monoisotopic (exact) mass is 211 g/mol. The summed E-state index contributed by atoms with van der Waals surface area (Å²) >= 11 is 0.